The molecule has 2 N–H and O–H groups in total. The quantitative estimate of drug-likeness (QED) is 0.783. The molecule has 90 valence electrons. The maximum Gasteiger partial charge on any atom is 0.287 e. The smallest absolute Gasteiger partial charge is 0.287 e. The third kappa shape index (κ3) is 2.83. The number of carbonyl (C=O) groups is 1. The number of carbonyl (C=O) groups excluding carboxylic acids is 1. The van der Waals surface area contributed by atoms with E-state index in [2.05, 4.69) is 10.0 Å². The second kappa shape index (κ2) is 5.13. The minimum Gasteiger partial charge on any atom is -0.438 e. The Morgan fingerprint density at radius 1 is 1.44 bits per heavy atom. The van der Waals surface area contributed by atoms with E-state index in [1.165, 1.54) is 19.2 Å². The van der Waals surface area contributed by atoms with Gasteiger partial charge >= 0.3 is 0 Å². The summed E-state index contributed by atoms with van der Waals surface area (Å²) >= 11 is 0. The van der Waals surface area contributed by atoms with Crippen molar-refractivity contribution in [3.63, 3.8) is 0 Å². The van der Waals surface area contributed by atoms with E-state index in [4.69, 9.17) is 4.42 Å². The van der Waals surface area contributed by atoms with Gasteiger partial charge in [0.25, 0.3) is 15.9 Å². The summed E-state index contributed by atoms with van der Waals surface area (Å²) in [4.78, 5) is 11.4. The van der Waals surface area contributed by atoms with E-state index in [1.807, 2.05) is 6.92 Å². The van der Waals surface area contributed by atoms with Crippen LogP contribution >= 0.6 is 0 Å². The van der Waals surface area contributed by atoms with Gasteiger partial charge in [-0.3, -0.25) is 4.79 Å². The maximum absolute atomic E-state index is 11.4. The monoisotopic (exact) mass is 246 g/mol. The number of nitrogens with one attached hydrogen (secondary N) is 2. The van der Waals surface area contributed by atoms with Crippen LogP contribution < -0.4 is 10.0 Å². The Balaban J connectivity index is 2.83. The molecule has 1 heterocycles. The predicted molar refractivity (Wildman–Crippen MR) is 57.6 cm³/mol. The summed E-state index contributed by atoms with van der Waals surface area (Å²) in [5.41, 5.74) is 0. The highest BCUT2D eigenvalue weighted by Crippen LogP contribution is 2.13. The summed E-state index contributed by atoms with van der Waals surface area (Å²) < 4.78 is 29.7. The zero-order chi connectivity index (χ0) is 12.2. The zero-order valence-corrected chi connectivity index (χ0v) is 9.93. The van der Waals surface area contributed by atoms with Gasteiger partial charge in [-0.2, -0.15) is 0 Å². The summed E-state index contributed by atoms with van der Waals surface area (Å²) in [7, 11) is -2.36. The van der Waals surface area contributed by atoms with Crippen LogP contribution in [0.3, 0.4) is 0 Å². The van der Waals surface area contributed by atoms with Gasteiger partial charge in [0.15, 0.2) is 5.76 Å². The molecule has 16 heavy (non-hydrogen) atoms. The second-order valence-corrected chi connectivity index (χ2v) is 4.90. The number of furan rings is 1. The third-order valence-corrected chi connectivity index (χ3v) is 3.16. The van der Waals surface area contributed by atoms with Crippen LogP contribution in [0.25, 0.3) is 0 Å². The van der Waals surface area contributed by atoms with Crippen LogP contribution in [0.15, 0.2) is 21.6 Å². The third-order valence-electron chi connectivity index (χ3n) is 1.87. The molecule has 0 spiro atoms. The Bertz CT molecular complexity index is 464. The predicted octanol–water partition coefficient (Wildman–Crippen LogP) is 0.327. The molecule has 0 aliphatic rings. The van der Waals surface area contributed by atoms with Crippen LogP contribution in [0, 0.1) is 0 Å². The first kappa shape index (κ1) is 12.7. The van der Waals surface area contributed by atoms with Crippen LogP contribution in [0.4, 0.5) is 0 Å². The van der Waals surface area contributed by atoms with E-state index in [-0.39, 0.29) is 10.9 Å². The highest BCUT2D eigenvalue weighted by atomic mass is 32.2. The van der Waals surface area contributed by atoms with Gasteiger partial charge < -0.3 is 9.73 Å². The minimum absolute atomic E-state index is 0.0118. The molecule has 0 saturated heterocycles. The van der Waals surface area contributed by atoms with Gasteiger partial charge in [-0.05, 0) is 25.6 Å². The van der Waals surface area contributed by atoms with E-state index in [0.29, 0.717) is 6.54 Å². The van der Waals surface area contributed by atoms with Crippen molar-refractivity contribution in [2.24, 2.45) is 0 Å². The summed E-state index contributed by atoms with van der Waals surface area (Å²) in [5.74, 6) is -0.429. The molecule has 1 aromatic rings. The van der Waals surface area contributed by atoms with Crippen molar-refractivity contribution >= 4 is 15.9 Å². The van der Waals surface area contributed by atoms with Gasteiger partial charge in [-0.25, -0.2) is 13.1 Å². The largest absolute Gasteiger partial charge is 0.438 e. The topological polar surface area (TPSA) is 88.4 Å². The maximum atomic E-state index is 11.4. The van der Waals surface area contributed by atoms with Crippen LogP contribution in [-0.2, 0) is 10.0 Å². The Morgan fingerprint density at radius 2 is 2.12 bits per heavy atom. The first-order valence-electron chi connectivity index (χ1n) is 4.83. The molecule has 1 aromatic heterocycles. The average molecular weight is 246 g/mol. The molecule has 6 nitrogen and oxygen atoms in total. The lowest BCUT2D eigenvalue weighted by atomic mass is 10.4. The Morgan fingerprint density at radius 3 is 2.69 bits per heavy atom. The molecule has 1 amide bonds. The fourth-order valence-electron chi connectivity index (χ4n) is 1.01. The van der Waals surface area contributed by atoms with Crippen molar-refractivity contribution in [3.8, 4) is 0 Å². The summed E-state index contributed by atoms with van der Waals surface area (Å²) in [6.07, 6.45) is 0.800. The number of hydrogen-bond acceptors (Lipinski definition) is 4. The van der Waals surface area contributed by atoms with Gasteiger partial charge in [-0.15, -0.1) is 0 Å². The van der Waals surface area contributed by atoms with Gasteiger partial charge in [0.05, 0.1) is 0 Å². The van der Waals surface area contributed by atoms with Gasteiger partial charge in [-0.1, -0.05) is 6.92 Å². The molecule has 0 bridgehead atoms. The van der Waals surface area contributed by atoms with Gasteiger partial charge in [0, 0.05) is 6.54 Å². The van der Waals surface area contributed by atoms with Crippen molar-refractivity contribution < 1.29 is 17.6 Å². The standard InChI is InChI=1S/C9H14N2O4S/c1-3-6-11-9(12)7-4-5-8(15-7)16(13,14)10-2/h4-5,10H,3,6H2,1-2H3,(H,11,12). The highest BCUT2D eigenvalue weighted by Gasteiger charge is 2.18. The van der Waals surface area contributed by atoms with Crippen molar-refractivity contribution in [3.05, 3.63) is 17.9 Å². The molecule has 0 saturated carbocycles. The average Bonchev–Trinajstić information content (AvgIpc) is 2.75. The zero-order valence-electron chi connectivity index (χ0n) is 9.11. The highest BCUT2D eigenvalue weighted by molar-refractivity contribution is 7.89. The molecule has 0 aliphatic heterocycles. The lowest BCUT2D eigenvalue weighted by Crippen LogP contribution is -2.23. The minimum atomic E-state index is -3.63. The molecule has 1 rings (SSSR count). The van der Waals surface area contributed by atoms with E-state index in [1.54, 1.807) is 0 Å². The lowest BCUT2D eigenvalue weighted by Gasteiger charge is -2.00. The molecule has 0 fully saturated rings. The van der Waals surface area contributed by atoms with Crippen molar-refractivity contribution in [1.29, 1.82) is 0 Å². The number of hydrogen-bond donors (Lipinski definition) is 2. The molecule has 0 atom stereocenters. The fourth-order valence-corrected chi connectivity index (χ4v) is 1.66. The van der Waals surface area contributed by atoms with Crippen molar-refractivity contribution in [2.75, 3.05) is 13.6 Å². The van der Waals surface area contributed by atoms with E-state index >= 15 is 0 Å². The first-order valence-corrected chi connectivity index (χ1v) is 6.31. The summed E-state index contributed by atoms with van der Waals surface area (Å²) in [5, 5.41) is 2.32. The van der Waals surface area contributed by atoms with Gasteiger partial charge in [0.1, 0.15) is 0 Å². The van der Waals surface area contributed by atoms with Crippen molar-refractivity contribution in [2.45, 2.75) is 18.4 Å². The fraction of sp³-hybridized carbons (Fsp3) is 0.444. The summed E-state index contributed by atoms with van der Waals surface area (Å²) in [6.45, 7) is 2.44. The first-order chi connectivity index (χ1) is 7.51. The molecule has 0 aliphatic carbocycles. The number of rotatable bonds is 5. The molecule has 0 unspecified atom stereocenters. The molecule has 0 radical (unpaired) electrons. The van der Waals surface area contributed by atoms with Crippen LogP contribution in [-0.4, -0.2) is 27.9 Å². The SMILES string of the molecule is CCCNC(=O)c1ccc(S(=O)(=O)NC)o1. The van der Waals surface area contributed by atoms with E-state index in [9.17, 15) is 13.2 Å². The Hall–Kier alpha value is -1.34. The Labute approximate surface area is 94.1 Å². The molecular formula is C9H14N2O4S. The van der Waals surface area contributed by atoms with Crippen LogP contribution in [0.2, 0.25) is 0 Å². The normalized spacial score (nSPS) is 11.4. The number of amides is 1. The van der Waals surface area contributed by atoms with E-state index < -0.39 is 15.9 Å². The number of sulfonamides is 1. The van der Waals surface area contributed by atoms with Gasteiger partial charge in [0.2, 0.25) is 5.09 Å². The molecule has 0 aromatic carbocycles. The van der Waals surface area contributed by atoms with Crippen molar-refractivity contribution in [1.82, 2.24) is 10.0 Å². The summed E-state index contributed by atoms with van der Waals surface area (Å²) in [6, 6.07) is 2.57. The van der Waals surface area contributed by atoms with Crippen LogP contribution in [0.5, 0.6) is 0 Å². The van der Waals surface area contributed by atoms with Crippen LogP contribution in [0.1, 0.15) is 23.9 Å². The molecule has 7 heteroatoms. The Kier molecular flexibility index (Phi) is 4.08. The second-order valence-electron chi connectivity index (χ2n) is 3.08. The van der Waals surface area contributed by atoms with E-state index in [0.717, 1.165) is 6.42 Å². The lowest BCUT2D eigenvalue weighted by molar-refractivity contribution is 0.0920. The molecular weight excluding hydrogens is 232 g/mol.